The number of aromatic nitrogens is 2. The molecule has 0 N–H and O–H groups in total. The van der Waals surface area contributed by atoms with Crippen LogP contribution in [0.5, 0.6) is 0 Å². The maximum atomic E-state index is 12.6. The van der Waals surface area contributed by atoms with Gasteiger partial charge >= 0.3 is 0 Å². The first-order valence-corrected chi connectivity index (χ1v) is 16.7. The van der Waals surface area contributed by atoms with Crippen LogP contribution in [-0.2, 0) is 32.9 Å². The van der Waals surface area contributed by atoms with Crippen LogP contribution < -0.4 is 0 Å². The Hall–Kier alpha value is -3.47. The third-order valence-corrected chi connectivity index (χ3v) is 10.7. The highest BCUT2D eigenvalue weighted by atomic mass is 35.5. The van der Waals surface area contributed by atoms with Gasteiger partial charge in [0.1, 0.15) is 0 Å². The Morgan fingerprint density at radius 3 is 1.63 bits per heavy atom. The molecule has 0 fully saturated rings. The van der Waals surface area contributed by atoms with Gasteiger partial charge in [0.05, 0.1) is 15.2 Å². The third kappa shape index (κ3) is 5.95. The lowest BCUT2D eigenvalue weighted by atomic mass is 9.96. The minimum Gasteiger partial charge on any atom is -0.294 e. The van der Waals surface area contributed by atoms with E-state index in [1.165, 1.54) is 38.5 Å². The normalized spacial score (nSPS) is 16.4. The van der Waals surface area contributed by atoms with Crippen molar-refractivity contribution in [2.75, 3.05) is 0 Å². The van der Waals surface area contributed by atoms with Crippen molar-refractivity contribution >= 4 is 43.2 Å². The topological polar surface area (TPSA) is 112 Å². The van der Waals surface area contributed by atoms with Crippen LogP contribution in [0.3, 0.4) is 0 Å². The predicted octanol–water partition coefficient (Wildman–Crippen LogP) is 5.73. The van der Waals surface area contributed by atoms with Gasteiger partial charge in [-0.3, -0.25) is 9.59 Å². The zero-order valence-electron chi connectivity index (χ0n) is 22.7. The first-order chi connectivity index (χ1) is 19.6. The summed E-state index contributed by atoms with van der Waals surface area (Å²) < 4.78 is 52.6. The second kappa shape index (κ2) is 12.6. The van der Waals surface area contributed by atoms with Crippen molar-refractivity contribution in [1.29, 1.82) is 0 Å². The van der Waals surface area contributed by atoms with E-state index in [0.29, 0.717) is 54.6 Å². The number of benzene rings is 2. The lowest BCUT2D eigenvalue weighted by molar-refractivity contribution is 0.0966. The SMILES string of the molecule is CC.O=C1CCCc2c1ccn2S(=O)(=O)c1ccccc1.O=C1c2ccn(S(=O)(=O)c3ccccc3)c2CCC1Cl. The molecule has 0 bridgehead atoms. The van der Waals surface area contributed by atoms with Crippen LogP contribution in [0.1, 0.15) is 65.2 Å². The lowest BCUT2D eigenvalue weighted by Crippen LogP contribution is -2.25. The molecule has 0 radical (unpaired) electrons. The molecule has 0 spiro atoms. The number of rotatable bonds is 4. The average molecular weight is 615 g/mol. The molecule has 0 saturated heterocycles. The molecule has 4 aromatic rings. The second-order valence-electron chi connectivity index (χ2n) is 9.23. The molecule has 0 amide bonds. The molecule has 0 saturated carbocycles. The molecule has 1 unspecified atom stereocenters. The smallest absolute Gasteiger partial charge is 0.267 e. The Morgan fingerprint density at radius 1 is 0.659 bits per heavy atom. The van der Waals surface area contributed by atoms with Gasteiger partial charge in [-0.2, -0.15) is 0 Å². The predicted molar refractivity (Wildman–Crippen MR) is 158 cm³/mol. The Labute approximate surface area is 245 Å². The van der Waals surface area contributed by atoms with Gasteiger partial charge in [0.2, 0.25) is 0 Å². The van der Waals surface area contributed by atoms with Crippen molar-refractivity contribution < 1.29 is 26.4 Å². The molecule has 1 atom stereocenters. The molecule has 41 heavy (non-hydrogen) atoms. The number of alkyl halides is 1. The first kappa shape index (κ1) is 30.5. The average Bonchev–Trinajstić information content (AvgIpc) is 3.64. The molecular formula is C30H31ClN2O6S2. The van der Waals surface area contributed by atoms with Gasteiger partial charge in [0.15, 0.2) is 11.6 Å². The van der Waals surface area contributed by atoms with E-state index < -0.39 is 25.4 Å². The summed E-state index contributed by atoms with van der Waals surface area (Å²) in [6.07, 6.45) is 5.69. The standard InChI is InChI=1S/C14H12ClNO3S.C14H13NO3S.C2H6/c15-12-6-7-13-11(14(12)17)8-9-16(13)20(18,19)10-4-2-1-3-5-10;16-14-8-4-7-13-12(14)9-10-15(13)19(17,18)11-5-2-1-3-6-11;1-2/h1-5,8-9,12H,6-7H2;1-3,5-6,9-10H,4,7-8H2;1-2H3. The summed E-state index contributed by atoms with van der Waals surface area (Å²) in [5.74, 6) is -0.168. The van der Waals surface area contributed by atoms with Gasteiger partial charge in [0.25, 0.3) is 20.0 Å². The fraction of sp³-hybridized carbons (Fsp3) is 0.267. The van der Waals surface area contributed by atoms with Crippen LogP contribution >= 0.6 is 11.6 Å². The molecule has 2 heterocycles. The van der Waals surface area contributed by atoms with E-state index in [4.69, 9.17) is 11.6 Å². The van der Waals surface area contributed by atoms with E-state index in [1.807, 2.05) is 13.8 Å². The van der Waals surface area contributed by atoms with Gasteiger partial charge < -0.3 is 0 Å². The zero-order valence-corrected chi connectivity index (χ0v) is 25.1. The van der Waals surface area contributed by atoms with Gasteiger partial charge in [-0.1, -0.05) is 50.2 Å². The number of Topliss-reactive ketones (excluding diaryl/α,β-unsaturated/α-hetero) is 2. The molecule has 2 aliphatic carbocycles. The minimum absolute atomic E-state index is 0.0308. The molecular weight excluding hydrogens is 584 g/mol. The number of hydrogen-bond acceptors (Lipinski definition) is 6. The zero-order chi connectivity index (χ0) is 29.8. The van der Waals surface area contributed by atoms with Crippen LogP contribution in [0.4, 0.5) is 0 Å². The van der Waals surface area contributed by atoms with E-state index in [9.17, 15) is 26.4 Å². The molecule has 2 aromatic heterocycles. The van der Waals surface area contributed by atoms with Crippen LogP contribution in [0, 0.1) is 0 Å². The van der Waals surface area contributed by atoms with Crippen molar-refractivity contribution in [3.63, 3.8) is 0 Å². The summed E-state index contributed by atoms with van der Waals surface area (Å²) in [5, 5.41) is -0.558. The van der Waals surface area contributed by atoms with Crippen molar-refractivity contribution in [1.82, 2.24) is 7.94 Å². The monoisotopic (exact) mass is 614 g/mol. The number of halogens is 1. The van der Waals surface area contributed by atoms with E-state index >= 15 is 0 Å². The van der Waals surface area contributed by atoms with E-state index in [2.05, 4.69) is 0 Å². The van der Waals surface area contributed by atoms with Crippen molar-refractivity contribution in [2.45, 2.75) is 61.1 Å². The Bertz CT molecular complexity index is 1760. The minimum atomic E-state index is -3.66. The Kier molecular flexibility index (Phi) is 9.36. The van der Waals surface area contributed by atoms with E-state index in [0.717, 1.165) is 0 Å². The van der Waals surface area contributed by atoms with Gasteiger partial charge in [0, 0.05) is 41.3 Å². The lowest BCUT2D eigenvalue weighted by Gasteiger charge is -2.18. The first-order valence-electron chi connectivity index (χ1n) is 13.4. The highest BCUT2D eigenvalue weighted by Gasteiger charge is 2.31. The Balaban J connectivity index is 0.000000178. The second-order valence-corrected chi connectivity index (χ2v) is 13.4. The quantitative estimate of drug-likeness (QED) is 0.271. The highest BCUT2D eigenvalue weighted by molar-refractivity contribution is 7.90. The summed E-state index contributed by atoms with van der Waals surface area (Å²) in [6.45, 7) is 4.00. The highest BCUT2D eigenvalue weighted by Crippen LogP contribution is 2.29. The number of hydrogen-bond donors (Lipinski definition) is 0. The van der Waals surface area contributed by atoms with E-state index in [-0.39, 0.29) is 21.4 Å². The van der Waals surface area contributed by atoms with Gasteiger partial charge in [-0.05, 0) is 62.1 Å². The number of carbonyl (C=O) groups is 2. The molecule has 216 valence electrons. The summed E-state index contributed by atoms with van der Waals surface area (Å²) >= 11 is 5.93. The number of fused-ring (bicyclic) bond motifs is 2. The number of nitrogens with zero attached hydrogens (tertiary/aromatic N) is 2. The number of carbonyl (C=O) groups excluding carboxylic acids is 2. The molecule has 8 nitrogen and oxygen atoms in total. The number of ketones is 2. The van der Waals surface area contributed by atoms with Crippen LogP contribution in [0.25, 0.3) is 0 Å². The summed E-state index contributed by atoms with van der Waals surface area (Å²) in [6, 6.07) is 19.6. The maximum absolute atomic E-state index is 12.6. The molecule has 6 rings (SSSR count). The van der Waals surface area contributed by atoms with Crippen LogP contribution in [0.2, 0.25) is 0 Å². The largest absolute Gasteiger partial charge is 0.294 e. The summed E-state index contributed by atoms with van der Waals surface area (Å²) in [5.41, 5.74) is 2.09. The van der Waals surface area contributed by atoms with Crippen molar-refractivity contribution in [3.05, 3.63) is 108 Å². The maximum Gasteiger partial charge on any atom is 0.267 e. The van der Waals surface area contributed by atoms with Crippen molar-refractivity contribution in [2.24, 2.45) is 0 Å². The molecule has 2 aromatic carbocycles. The molecule has 0 aliphatic heterocycles. The van der Waals surface area contributed by atoms with E-state index in [1.54, 1.807) is 54.6 Å². The Morgan fingerprint density at radius 2 is 1.12 bits per heavy atom. The van der Waals surface area contributed by atoms with Crippen LogP contribution in [-0.4, -0.2) is 41.7 Å². The third-order valence-electron chi connectivity index (χ3n) is 6.81. The van der Waals surface area contributed by atoms with Crippen LogP contribution in [0.15, 0.2) is 95.0 Å². The van der Waals surface area contributed by atoms with Gasteiger partial charge in [-0.15, -0.1) is 11.6 Å². The molecule has 2 aliphatic rings. The summed E-state index contributed by atoms with van der Waals surface area (Å²) in [7, 11) is -7.25. The molecule has 11 heteroatoms. The fourth-order valence-corrected chi connectivity index (χ4v) is 7.92. The van der Waals surface area contributed by atoms with Crippen molar-refractivity contribution in [3.8, 4) is 0 Å². The fourth-order valence-electron chi connectivity index (χ4n) is 4.84. The summed E-state index contributed by atoms with van der Waals surface area (Å²) in [4.78, 5) is 24.2. The van der Waals surface area contributed by atoms with Gasteiger partial charge in [-0.25, -0.2) is 24.8 Å².